The topological polar surface area (TPSA) is 113 Å². The van der Waals surface area contributed by atoms with Gasteiger partial charge in [-0.3, -0.25) is 0 Å². The fraction of sp³-hybridized carbons (Fsp3) is 0.0400. The van der Waals surface area contributed by atoms with E-state index in [2.05, 4.69) is 19.9 Å². The zero-order valence-electron chi connectivity index (χ0n) is 17.3. The minimum atomic E-state index is -0.857. The van der Waals surface area contributed by atoms with E-state index in [4.69, 9.17) is 0 Å². The van der Waals surface area contributed by atoms with Gasteiger partial charge >= 0.3 is 22.7 Å². The van der Waals surface area contributed by atoms with Crippen molar-refractivity contribution in [2.75, 3.05) is 0 Å². The minimum Gasteiger partial charge on any atom is -0.0494 e. The molecule has 0 aliphatic heterocycles. The lowest BCUT2D eigenvalue weighted by Crippen LogP contribution is -2.30. The van der Waals surface area contributed by atoms with Gasteiger partial charge in [0.05, 0.1) is 5.41 Å². The number of diazo groups is 4. The quantitative estimate of drug-likeness (QED) is 0.242. The third kappa shape index (κ3) is 3.62. The Morgan fingerprint density at radius 1 is 0.333 bits per heavy atom. The molecule has 0 aliphatic rings. The van der Waals surface area contributed by atoms with Crippen molar-refractivity contribution >= 4 is 22.7 Å². The summed E-state index contributed by atoms with van der Waals surface area (Å²) in [6.45, 7) is 0. The summed E-state index contributed by atoms with van der Waals surface area (Å²) in [6, 6.07) is 28.6. The van der Waals surface area contributed by atoms with Gasteiger partial charge in [-0.25, -0.2) is 0 Å². The Labute approximate surface area is 189 Å². The van der Waals surface area contributed by atoms with Gasteiger partial charge in [-0.1, -0.05) is 0 Å². The van der Waals surface area contributed by atoms with Crippen molar-refractivity contribution in [2.24, 2.45) is 0 Å². The van der Waals surface area contributed by atoms with E-state index in [-0.39, 0.29) is 0 Å². The molecule has 4 aromatic carbocycles. The molecule has 0 saturated heterocycles. The molecule has 152 valence electrons. The molecule has 0 N–H and O–H groups in total. The summed E-state index contributed by atoms with van der Waals surface area (Å²) in [5, 5.41) is 36.7. The normalized spacial score (nSPS) is 10.3. The van der Waals surface area contributed by atoms with Crippen LogP contribution in [0.15, 0.2) is 97.1 Å². The maximum atomic E-state index is 9.18. The van der Waals surface area contributed by atoms with Crippen LogP contribution in [0.4, 0.5) is 22.7 Å². The maximum Gasteiger partial charge on any atom is 0.385 e. The second-order valence-corrected chi connectivity index (χ2v) is 7.34. The van der Waals surface area contributed by atoms with Crippen molar-refractivity contribution in [3.05, 3.63) is 139 Å². The van der Waals surface area contributed by atoms with Crippen LogP contribution in [0.2, 0.25) is 0 Å². The molecule has 8 heteroatoms. The van der Waals surface area contributed by atoms with Crippen molar-refractivity contribution in [1.82, 2.24) is 0 Å². The lowest BCUT2D eigenvalue weighted by molar-refractivity contribution is 0.746. The molecule has 0 unspecified atom stereocenters. The first kappa shape index (κ1) is 20.8. The molecule has 0 fully saturated rings. The molecule has 4 rings (SSSR count). The maximum absolute atomic E-state index is 9.18. The Kier molecular flexibility index (Phi) is 5.51. The first-order valence-corrected chi connectivity index (χ1v) is 9.98. The molecule has 0 saturated carbocycles. The Hall–Kier alpha value is -5.44. The Balaban J connectivity index is 2.11. The van der Waals surface area contributed by atoms with Crippen LogP contribution in [0.1, 0.15) is 22.3 Å². The standard InChI is InChI=1S/C25H16N8/c26-30-21-9-1-17(2-10-21)25(18-3-11-22(31-27)12-4-18,19-5-13-23(32-28)14-6-19)20-7-15-24(33-29)16-8-20/h1-16H/q+4. The fourth-order valence-corrected chi connectivity index (χ4v) is 4.11. The highest BCUT2D eigenvalue weighted by Crippen LogP contribution is 2.46. The van der Waals surface area contributed by atoms with Gasteiger partial charge in [0, 0.05) is 48.5 Å². The van der Waals surface area contributed by atoms with Gasteiger partial charge in [-0.2, -0.15) is 0 Å². The van der Waals surface area contributed by atoms with Crippen LogP contribution in [0.5, 0.6) is 0 Å². The third-order valence-corrected chi connectivity index (χ3v) is 5.66. The van der Waals surface area contributed by atoms with Crippen LogP contribution in [-0.4, -0.2) is 0 Å². The van der Waals surface area contributed by atoms with E-state index in [0.717, 1.165) is 22.3 Å². The van der Waals surface area contributed by atoms with E-state index >= 15 is 0 Å². The molecule has 33 heavy (non-hydrogen) atoms. The van der Waals surface area contributed by atoms with Crippen LogP contribution in [-0.2, 0) is 5.41 Å². The summed E-state index contributed by atoms with van der Waals surface area (Å²) >= 11 is 0. The van der Waals surface area contributed by atoms with Gasteiger partial charge in [0.2, 0.25) is 21.6 Å². The zero-order chi connectivity index (χ0) is 23.3. The van der Waals surface area contributed by atoms with Crippen LogP contribution in [0.25, 0.3) is 19.9 Å². The average molecular weight is 428 g/mol. The first-order valence-electron chi connectivity index (χ1n) is 9.98. The summed E-state index contributed by atoms with van der Waals surface area (Å²) in [4.78, 5) is 13.0. The van der Waals surface area contributed by atoms with Gasteiger partial charge in [-0.15, -0.1) is 0 Å². The van der Waals surface area contributed by atoms with E-state index in [1.165, 1.54) is 0 Å². The van der Waals surface area contributed by atoms with E-state index in [9.17, 15) is 21.6 Å². The van der Waals surface area contributed by atoms with Crippen molar-refractivity contribution in [3.63, 3.8) is 0 Å². The molecule has 0 atom stereocenters. The highest BCUT2D eigenvalue weighted by molar-refractivity contribution is 5.65. The molecule has 0 aliphatic carbocycles. The molecular formula is C25H16N8+4. The summed E-state index contributed by atoms with van der Waals surface area (Å²) in [6.07, 6.45) is 0. The van der Waals surface area contributed by atoms with Crippen molar-refractivity contribution in [1.29, 1.82) is 21.6 Å². The second-order valence-electron chi connectivity index (χ2n) is 7.34. The smallest absolute Gasteiger partial charge is 0.0494 e. The van der Waals surface area contributed by atoms with E-state index in [1.807, 2.05) is 48.5 Å². The summed E-state index contributed by atoms with van der Waals surface area (Å²) in [5.41, 5.74) is 4.24. The number of benzene rings is 4. The van der Waals surface area contributed by atoms with Crippen molar-refractivity contribution in [3.8, 4) is 0 Å². The minimum absolute atomic E-state index is 0.408. The van der Waals surface area contributed by atoms with Crippen LogP contribution >= 0.6 is 0 Å². The van der Waals surface area contributed by atoms with Gasteiger partial charge in [-0.05, 0) is 70.8 Å². The average Bonchev–Trinajstić information content (AvgIpc) is 2.90. The van der Waals surface area contributed by atoms with Gasteiger partial charge < -0.3 is 0 Å². The van der Waals surface area contributed by atoms with Crippen molar-refractivity contribution < 1.29 is 0 Å². The van der Waals surface area contributed by atoms with Gasteiger partial charge in [0.15, 0.2) is 19.9 Å². The second kappa shape index (κ2) is 8.74. The summed E-state index contributed by atoms with van der Waals surface area (Å²) in [7, 11) is 0. The number of hydrogen-bond donors (Lipinski definition) is 0. The predicted molar refractivity (Wildman–Crippen MR) is 124 cm³/mol. The zero-order valence-corrected chi connectivity index (χ0v) is 17.3. The van der Waals surface area contributed by atoms with Crippen LogP contribution in [0.3, 0.4) is 0 Å². The highest BCUT2D eigenvalue weighted by Gasteiger charge is 2.39. The molecule has 0 amide bonds. The molecule has 0 heterocycles. The molecule has 0 spiro atoms. The molecular weight excluding hydrogens is 412 g/mol. The van der Waals surface area contributed by atoms with Gasteiger partial charge in [0.1, 0.15) is 0 Å². The molecule has 8 nitrogen and oxygen atoms in total. The lowest BCUT2D eigenvalue weighted by Gasteiger charge is -2.36. The number of nitrogens with zero attached hydrogens (tertiary/aromatic N) is 8. The largest absolute Gasteiger partial charge is 0.385 e. The van der Waals surface area contributed by atoms with E-state index in [0.29, 0.717) is 22.7 Å². The number of rotatable bonds is 4. The van der Waals surface area contributed by atoms with Crippen LogP contribution in [0, 0.1) is 21.6 Å². The third-order valence-electron chi connectivity index (χ3n) is 5.66. The molecule has 0 bridgehead atoms. The Morgan fingerprint density at radius 2 is 0.515 bits per heavy atom. The fourth-order valence-electron chi connectivity index (χ4n) is 4.11. The molecule has 0 aromatic heterocycles. The Bertz CT molecular complexity index is 1230. The van der Waals surface area contributed by atoms with Crippen molar-refractivity contribution in [2.45, 2.75) is 5.41 Å². The summed E-state index contributed by atoms with van der Waals surface area (Å²) < 4.78 is 0. The SMILES string of the molecule is N#[N+]c1ccc(C(c2ccc([N+]#N)cc2)(c2ccc([N+]#N)cc2)c2ccc([N+]#N)cc2)cc1. The van der Waals surface area contributed by atoms with Gasteiger partial charge in [0.25, 0.3) is 0 Å². The van der Waals surface area contributed by atoms with E-state index in [1.54, 1.807) is 48.5 Å². The highest BCUT2D eigenvalue weighted by atomic mass is 14.9. The molecule has 4 aromatic rings. The van der Waals surface area contributed by atoms with E-state index < -0.39 is 5.41 Å². The Morgan fingerprint density at radius 3 is 0.667 bits per heavy atom. The first-order chi connectivity index (χ1) is 16.1. The monoisotopic (exact) mass is 428 g/mol. The number of hydrogen-bond acceptors (Lipinski definition) is 4. The lowest BCUT2D eigenvalue weighted by atomic mass is 9.65. The molecule has 0 radical (unpaired) electrons. The summed E-state index contributed by atoms with van der Waals surface area (Å²) in [5.74, 6) is 0. The predicted octanol–water partition coefficient (Wildman–Crippen LogP) is 8.01. The van der Waals surface area contributed by atoms with Crippen LogP contribution < -0.4 is 0 Å².